The molecule has 0 bridgehead atoms. The van der Waals surface area contributed by atoms with E-state index in [1.807, 2.05) is 20.8 Å². The molecule has 0 spiro atoms. The van der Waals surface area contributed by atoms with Crippen LogP contribution in [0.5, 0.6) is 11.5 Å². The van der Waals surface area contributed by atoms with Gasteiger partial charge in [-0.05, 0) is 42.3 Å². The minimum absolute atomic E-state index is 0.134. The van der Waals surface area contributed by atoms with Gasteiger partial charge in [-0.3, -0.25) is 0 Å². The Balaban J connectivity index is 0.00000155. The summed E-state index contributed by atoms with van der Waals surface area (Å²) in [4.78, 5) is 3.01. The fraction of sp³-hybridized carbons (Fsp3) is 0.333. The van der Waals surface area contributed by atoms with Gasteiger partial charge in [-0.1, -0.05) is 27.2 Å². The number of aromatic amines is 1. The largest absolute Gasteiger partial charge is 0.456 e. The zero-order valence-electron chi connectivity index (χ0n) is 16.6. The molecule has 0 aliphatic heterocycles. The second-order valence-corrected chi connectivity index (χ2v) is 6.31. The van der Waals surface area contributed by atoms with E-state index in [-0.39, 0.29) is 5.75 Å². The molecule has 3 rings (SSSR count). The number of nitrogens with two attached hydrogens (primary N) is 1. The highest BCUT2D eigenvalue weighted by molar-refractivity contribution is 5.84. The van der Waals surface area contributed by atoms with Crippen molar-refractivity contribution in [3.05, 3.63) is 53.2 Å². The molecule has 1 heterocycles. The van der Waals surface area contributed by atoms with E-state index in [9.17, 15) is 26.3 Å². The van der Waals surface area contributed by atoms with E-state index in [2.05, 4.69) is 4.98 Å². The van der Waals surface area contributed by atoms with E-state index >= 15 is 0 Å². The molecular weight excluding hydrogens is 410 g/mol. The van der Waals surface area contributed by atoms with Crippen molar-refractivity contribution in [2.24, 2.45) is 0 Å². The van der Waals surface area contributed by atoms with Gasteiger partial charge in [0.15, 0.2) is 5.75 Å². The fourth-order valence-corrected chi connectivity index (χ4v) is 3.00. The number of aryl methyl sites for hydroxylation is 1. The van der Waals surface area contributed by atoms with E-state index < -0.39 is 34.9 Å². The molecule has 30 heavy (non-hydrogen) atoms. The van der Waals surface area contributed by atoms with E-state index in [1.54, 1.807) is 12.3 Å². The molecule has 0 amide bonds. The Hall–Kier alpha value is -2.84. The van der Waals surface area contributed by atoms with Crippen molar-refractivity contribution in [3.63, 3.8) is 0 Å². The first-order valence-corrected chi connectivity index (χ1v) is 9.36. The number of anilines is 1. The molecule has 3 aromatic rings. The molecule has 0 aliphatic carbocycles. The lowest BCUT2D eigenvalue weighted by Crippen LogP contribution is -2.15. The SMILES string of the molecule is CC.CCCc1c[nH]c2ccc(Oc3c(C(F)(F)F)cc(N)cc3C(F)(F)F)cc12. The molecule has 0 atom stereocenters. The number of hydrogen-bond acceptors (Lipinski definition) is 2. The third kappa shape index (κ3) is 5.01. The Morgan fingerprint density at radius 3 is 2.00 bits per heavy atom. The molecule has 2 aromatic carbocycles. The van der Waals surface area contributed by atoms with Crippen LogP contribution in [0.4, 0.5) is 32.0 Å². The maximum Gasteiger partial charge on any atom is 0.420 e. The number of nitrogens with one attached hydrogen (secondary N) is 1. The highest BCUT2D eigenvalue weighted by atomic mass is 19.4. The van der Waals surface area contributed by atoms with Crippen molar-refractivity contribution >= 4 is 16.6 Å². The zero-order valence-corrected chi connectivity index (χ0v) is 16.6. The lowest BCUT2D eigenvalue weighted by Gasteiger charge is -2.20. The monoisotopic (exact) mass is 432 g/mol. The topological polar surface area (TPSA) is 51.0 Å². The van der Waals surface area contributed by atoms with Gasteiger partial charge in [0.1, 0.15) is 16.9 Å². The van der Waals surface area contributed by atoms with Gasteiger partial charge in [0, 0.05) is 22.8 Å². The molecule has 1 aromatic heterocycles. The van der Waals surface area contributed by atoms with Crippen LogP contribution in [-0.2, 0) is 18.8 Å². The molecule has 164 valence electrons. The van der Waals surface area contributed by atoms with Crippen molar-refractivity contribution in [1.29, 1.82) is 0 Å². The summed E-state index contributed by atoms with van der Waals surface area (Å²) in [5, 5.41) is 0.678. The Morgan fingerprint density at radius 1 is 0.933 bits per heavy atom. The number of alkyl halides is 6. The highest BCUT2D eigenvalue weighted by Crippen LogP contribution is 2.47. The first-order chi connectivity index (χ1) is 14.0. The molecule has 0 radical (unpaired) electrons. The predicted octanol–water partition coefficient (Wildman–Crippen LogP) is 7.56. The number of benzene rings is 2. The van der Waals surface area contributed by atoms with Crippen LogP contribution in [-0.4, -0.2) is 4.98 Å². The number of H-pyrrole nitrogens is 1. The summed E-state index contributed by atoms with van der Waals surface area (Å²) in [7, 11) is 0. The van der Waals surface area contributed by atoms with Crippen LogP contribution in [0.1, 0.15) is 43.9 Å². The highest BCUT2D eigenvalue weighted by Gasteiger charge is 2.42. The second kappa shape index (κ2) is 8.89. The van der Waals surface area contributed by atoms with Gasteiger partial charge in [-0.25, -0.2) is 0 Å². The smallest absolute Gasteiger partial charge is 0.420 e. The molecule has 0 saturated heterocycles. The summed E-state index contributed by atoms with van der Waals surface area (Å²) in [6.07, 6.45) is -6.87. The Kier molecular flexibility index (Phi) is 6.95. The minimum atomic E-state index is -5.07. The molecule has 0 unspecified atom stereocenters. The Morgan fingerprint density at radius 2 is 1.50 bits per heavy atom. The van der Waals surface area contributed by atoms with Crippen LogP contribution in [0.15, 0.2) is 36.5 Å². The molecule has 0 saturated carbocycles. The van der Waals surface area contributed by atoms with E-state index in [1.165, 1.54) is 12.1 Å². The first kappa shape index (κ1) is 23.4. The van der Waals surface area contributed by atoms with E-state index in [0.29, 0.717) is 29.5 Å². The first-order valence-electron chi connectivity index (χ1n) is 9.36. The van der Waals surface area contributed by atoms with Crippen LogP contribution in [0.3, 0.4) is 0 Å². The van der Waals surface area contributed by atoms with Crippen molar-refractivity contribution in [3.8, 4) is 11.5 Å². The van der Waals surface area contributed by atoms with Crippen molar-refractivity contribution in [2.45, 2.75) is 46.0 Å². The van der Waals surface area contributed by atoms with Gasteiger partial charge < -0.3 is 15.5 Å². The molecular formula is C21H22F6N2O. The quantitative estimate of drug-likeness (QED) is 0.330. The van der Waals surface area contributed by atoms with Crippen LogP contribution in [0, 0.1) is 0 Å². The lowest BCUT2D eigenvalue weighted by molar-refractivity contribution is -0.144. The van der Waals surface area contributed by atoms with Gasteiger partial charge in [-0.15, -0.1) is 0 Å². The van der Waals surface area contributed by atoms with Crippen LogP contribution >= 0.6 is 0 Å². The average Bonchev–Trinajstić information content (AvgIpc) is 3.05. The van der Waals surface area contributed by atoms with Crippen molar-refractivity contribution in [1.82, 2.24) is 4.98 Å². The maximum atomic E-state index is 13.4. The second-order valence-electron chi connectivity index (χ2n) is 6.31. The number of ether oxygens (including phenoxy) is 1. The van der Waals surface area contributed by atoms with Gasteiger partial charge >= 0.3 is 12.4 Å². The average molecular weight is 432 g/mol. The van der Waals surface area contributed by atoms with Gasteiger partial charge in [0.2, 0.25) is 0 Å². The van der Waals surface area contributed by atoms with Crippen LogP contribution < -0.4 is 10.5 Å². The van der Waals surface area contributed by atoms with Crippen molar-refractivity contribution < 1.29 is 31.1 Å². The third-order valence-corrected chi connectivity index (χ3v) is 4.20. The lowest BCUT2D eigenvalue weighted by atomic mass is 10.1. The summed E-state index contributed by atoms with van der Waals surface area (Å²) >= 11 is 0. The van der Waals surface area contributed by atoms with Crippen molar-refractivity contribution in [2.75, 3.05) is 5.73 Å². The van der Waals surface area contributed by atoms with Gasteiger partial charge in [-0.2, -0.15) is 26.3 Å². The molecule has 0 fully saturated rings. The summed E-state index contributed by atoms with van der Waals surface area (Å²) < 4.78 is 85.3. The Labute approximate surface area is 169 Å². The number of rotatable bonds is 4. The Bertz CT molecular complexity index is 970. The van der Waals surface area contributed by atoms with Crippen LogP contribution in [0.2, 0.25) is 0 Å². The van der Waals surface area contributed by atoms with Crippen LogP contribution in [0.25, 0.3) is 10.9 Å². The summed E-state index contributed by atoms with van der Waals surface area (Å²) in [6.45, 7) is 5.96. The number of aromatic nitrogens is 1. The van der Waals surface area contributed by atoms with E-state index in [4.69, 9.17) is 10.5 Å². The molecule has 3 nitrogen and oxygen atoms in total. The molecule has 0 aliphatic rings. The summed E-state index contributed by atoms with van der Waals surface area (Å²) in [5.41, 5.74) is 3.06. The molecule has 3 N–H and O–H groups in total. The van der Waals surface area contributed by atoms with Gasteiger partial charge in [0.25, 0.3) is 0 Å². The molecule has 9 heteroatoms. The number of nitrogen functional groups attached to an aromatic ring is 1. The standard InChI is InChI=1S/C19H16F6N2O.C2H6/c1-2-3-10-9-27-16-5-4-12(8-13(10)16)28-17-14(18(20,21)22)6-11(26)7-15(17)19(23,24)25;1-2/h4-9,27H,2-3,26H2,1H3;1-2H3. The number of fused-ring (bicyclic) bond motifs is 1. The number of halogens is 6. The van der Waals surface area contributed by atoms with E-state index in [0.717, 1.165) is 12.0 Å². The number of hydrogen-bond donors (Lipinski definition) is 2. The zero-order chi connectivity index (χ0) is 22.7. The minimum Gasteiger partial charge on any atom is -0.456 e. The normalized spacial score (nSPS) is 11.9. The third-order valence-electron chi connectivity index (χ3n) is 4.20. The fourth-order valence-electron chi connectivity index (χ4n) is 3.00. The predicted molar refractivity (Wildman–Crippen MR) is 105 cm³/mol. The van der Waals surface area contributed by atoms with Gasteiger partial charge in [0.05, 0.1) is 0 Å². The summed E-state index contributed by atoms with van der Waals surface area (Å²) in [5.74, 6) is -1.45. The maximum absolute atomic E-state index is 13.4. The summed E-state index contributed by atoms with van der Waals surface area (Å²) in [6, 6.07) is 5.14.